The SMILES string of the molecule is COc1cccnc1-c1cc(N2CCOCC2)cnc1N(O)Cc1ccccc1. The number of aromatic nitrogens is 2. The van der Waals surface area contributed by atoms with Crippen LogP contribution in [0.3, 0.4) is 0 Å². The molecule has 2 aromatic heterocycles. The summed E-state index contributed by atoms with van der Waals surface area (Å²) in [6.07, 6.45) is 3.50. The summed E-state index contributed by atoms with van der Waals surface area (Å²) in [5.74, 6) is 1.06. The maximum absolute atomic E-state index is 10.8. The predicted molar refractivity (Wildman–Crippen MR) is 111 cm³/mol. The molecule has 0 saturated carbocycles. The van der Waals surface area contributed by atoms with E-state index in [1.54, 1.807) is 19.5 Å². The summed E-state index contributed by atoms with van der Waals surface area (Å²) in [7, 11) is 1.61. The number of morpholine rings is 1. The van der Waals surface area contributed by atoms with Crippen molar-refractivity contribution in [2.24, 2.45) is 0 Å². The van der Waals surface area contributed by atoms with E-state index in [4.69, 9.17) is 9.47 Å². The number of hydroxylamine groups is 1. The van der Waals surface area contributed by atoms with Gasteiger partial charge in [-0.3, -0.25) is 10.2 Å². The minimum Gasteiger partial charge on any atom is -0.494 e. The summed E-state index contributed by atoms with van der Waals surface area (Å²) >= 11 is 0. The summed E-state index contributed by atoms with van der Waals surface area (Å²) in [6, 6.07) is 15.5. The second kappa shape index (κ2) is 8.89. The summed E-state index contributed by atoms with van der Waals surface area (Å²) in [6.45, 7) is 3.28. The van der Waals surface area contributed by atoms with Gasteiger partial charge in [0.2, 0.25) is 0 Å². The maximum atomic E-state index is 10.8. The third-order valence-electron chi connectivity index (χ3n) is 4.89. The Balaban J connectivity index is 1.75. The van der Waals surface area contributed by atoms with Gasteiger partial charge in [-0.25, -0.2) is 10.0 Å². The molecule has 7 heteroatoms. The van der Waals surface area contributed by atoms with Gasteiger partial charge < -0.3 is 14.4 Å². The van der Waals surface area contributed by atoms with Crippen molar-refractivity contribution in [3.05, 3.63) is 66.5 Å². The summed E-state index contributed by atoms with van der Waals surface area (Å²) in [5.41, 5.74) is 3.30. The molecule has 0 unspecified atom stereocenters. The molecule has 150 valence electrons. The first-order chi connectivity index (χ1) is 14.3. The number of hydrogen-bond donors (Lipinski definition) is 1. The number of anilines is 2. The van der Waals surface area contributed by atoms with Crippen LogP contribution < -0.4 is 14.7 Å². The van der Waals surface area contributed by atoms with Crippen LogP contribution in [0.1, 0.15) is 5.56 Å². The van der Waals surface area contributed by atoms with E-state index in [9.17, 15) is 5.21 Å². The molecule has 3 aromatic rings. The van der Waals surface area contributed by atoms with Crippen molar-refractivity contribution in [3.63, 3.8) is 0 Å². The number of rotatable bonds is 6. The van der Waals surface area contributed by atoms with Crippen LogP contribution in [-0.4, -0.2) is 48.6 Å². The van der Waals surface area contributed by atoms with Crippen LogP contribution in [0.5, 0.6) is 5.75 Å². The number of hydrogen-bond acceptors (Lipinski definition) is 7. The first kappa shape index (κ1) is 19.2. The number of nitrogens with zero attached hydrogens (tertiary/aromatic N) is 4. The van der Waals surface area contributed by atoms with E-state index in [0.29, 0.717) is 42.6 Å². The first-order valence-electron chi connectivity index (χ1n) is 9.58. The van der Waals surface area contributed by atoms with Crippen molar-refractivity contribution in [2.75, 3.05) is 43.4 Å². The zero-order chi connectivity index (χ0) is 20.1. The largest absolute Gasteiger partial charge is 0.494 e. The van der Waals surface area contributed by atoms with E-state index < -0.39 is 0 Å². The molecule has 0 bridgehead atoms. The molecule has 3 heterocycles. The summed E-state index contributed by atoms with van der Waals surface area (Å²) in [4.78, 5) is 11.3. The van der Waals surface area contributed by atoms with Crippen LogP contribution in [-0.2, 0) is 11.3 Å². The Morgan fingerprint density at radius 1 is 1.10 bits per heavy atom. The molecule has 0 radical (unpaired) electrons. The molecular weight excluding hydrogens is 368 g/mol. The molecule has 7 nitrogen and oxygen atoms in total. The van der Waals surface area contributed by atoms with Crippen molar-refractivity contribution >= 4 is 11.5 Å². The van der Waals surface area contributed by atoms with E-state index in [2.05, 4.69) is 14.9 Å². The van der Waals surface area contributed by atoms with Gasteiger partial charge in [0.25, 0.3) is 0 Å². The average molecular weight is 392 g/mol. The van der Waals surface area contributed by atoms with Crippen molar-refractivity contribution in [1.82, 2.24) is 9.97 Å². The summed E-state index contributed by atoms with van der Waals surface area (Å²) in [5, 5.41) is 12.0. The zero-order valence-corrected chi connectivity index (χ0v) is 16.4. The normalized spacial score (nSPS) is 13.9. The second-order valence-electron chi connectivity index (χ2n) is 6.76. The van der Waals surface area contributed by atoms with Gasteiger partial charge in [0, 0.05) is 19.3 Å². The van der Waals surface area contributed by atoms with Gasteiger partial charge in [0.15, 0.2) is 5.82 Å². The Morgan fingerprint density at radius 3 is 2.66 bits per heavy atom. The van der Waals surface area contributed by atoms with E-state index in [0.717, 1.165) is 29.4 Å². The molecule has 1 N–H and O–H groups in total. The molecule has 4 rings (SSSR count). The zero-order valence-electron chi connectivity index (χ0n) is 16.4. The highest BCUT2D eigenvalue weighted by Gasteiger charge is 2.21. The molecule has 0 aliphatic carbocycles. The minimum absolute atomic E-state index is 0.312. The van der Waals surface area contributed by atoms with Crippen LogP contribution in [0.2, 0.25) is 0 Å². The van der Waals surface area contributed by atoms with Crippen LogP contribution >= 0.6 is 0 Å². The van der Waals surface area contributed by atoms with Crippen LogP contribution in [0.25, 0.3) is 11.3 Å². The Morgan fingerprint density at radius 2 is 1.90 bits per heavy atom. The molecule has 1 fully saturated rings. The predicted octanol–water partition coefficient (Wildman–Crippen LogP) is 3.38. The Labute approximate surface area is 170 Å². The lowest BCUT2D eigenvalue weighted by Gasteiger charge is -2.29. The molecule has 29 heavy (non-hydrogen) atoms. The highest BCUT2D eigenvalue weighted by atomic mass is 16.5. The second-order valence-corrected chi connectivity index (χ2v) is 6.76. The third kappa shape index (κ3) is 4.31. The van der Waals surface area contributed by atoms with Crippen molar-refractivity contribution in [3.8, 4) is 17.0 Å². The summed E-state index contributed by atoms with van der Waals surface area (Å²) < 4.78 is 11.0. The molecule has 0 spiro atoms. The van der Waals surface area contributed by atoms with Crippen molar-refractivity contribution in [1.29, 1.82) is 0 Å². The first-order valence-corrected chi connectivity index (χ1v) is 9.58. The van der Waals surface area contributed by atoms with Gasteiger partial charge in [-0.05, 0) is 23.8 Å². The fourth-order valence-corrected chi connectivity index (χ4v) is 3.41. The number of pyridine rings is 2. The molecule has 1 aliphatic heterocycles. The quantitative estimate of drug-likeness (QED) is 0.645. The topological polar surface area (TPSA) is 71.0 Å². The molecular formula is C22H24N4O3. The van der Waals surface area contributed by atoms with E-state index in [1.807, 2.05) is 48.5 Å². The van der Waals surface area contributed by atoms with Crippen LogP contribution in [0, 0.1) is 0 Å². The lowest BCUT2D eigenvalue weighted by atomic mass is 10.1. The Bertz CT molecular complexity index is 946. The maximum Gasteiger partial charge on any atom is 0.162 e. The standard InChI is InChI=1S/C22H24N4O3/c1-28-20-8-5-9-23-21(20)19-14-18(25-10-12-29-13-11-25)15-24-22(19)26(27)16-17-6-3-2-4-7-17/h2-9,14-15,27H,10-13,16H2,1H3. The average Bonchev–Trinajstić information content (AvgIpc) is 2.80. The highest BCUT2D eigenvalue weighted by Crippen LogP contribution is 2.36. The van der Waals surface area contributed by atoms with Gasteiger partial charge >= 0.3 is 0 Å². The monoisotopic (exact) mass is 392 g/mol. The number of benzene rings is 1. The van der Waals surface area contributed by atoms with Gasteiger partial charge in [-0.15, -0.1) is 0 Å². The van der Waals surface area contributed by atoms with Gasteiger partial charge in [-0.1, -0.05) is 30.3 Å². The van der Waals surface area contributed by atoms with E-state index >= 15 is 0 Å². The highest BCUT2D eigenvalue weighted by molar-refractivity contribution is 5.79. The van der Waals surface area contributed by atoms with Crippen molar-refractivity contribution < 1.29 is 14.7 Å². The smallest absolute Gasteiger partial charge is 0.162 e. The van der Waals surface area contributed by atoms with Crippen molar-refractivity contribution in [2.45, 2.75) is 6.54 Å². The van der Waals surface area contributed by atoms with Gasteiger partial charge in [0.05, 0.1) is 44.3 Å². The third-order valence-corrected chi connectivity index (χ3v) is 4.89. The Kier molecular flexibility index (Phi) is 5.88. The molecule has 1 saturated heterocycles. The van der Waals surface area contributed by atoms with Crippen LogP contribution in [0.4, 0.5) is 11.5 Å². The lowest BCUT2D eigenvalue weighted by molar-refractivity contribution is 0.122. The molecule has 0 atom stereocenters. The fraction of sp³-hybridized carbons (Fsp3) is 0.273. The lowest BCUT2D eigenvalue weighted by Crippen LogP contribution is -2.36. The molecule has 0 amide bonds. The van der Waals surface area contributed by atoms with Crippen LogP contribution in [0.15, 0.2) is 60.9 Å². The molecule has 1 aliphatic rings. The van der Waals surface area contributed by atoms with E-state index in [-0.39, 0.29) is 0 Å². The fourth-order valence-electron chi connectivity index (χ4n) is 3.41. The Hall–Kier alpha value is -3.16. The number of ether oxygens (including phenoxy) is 2. The van der Waals surface area contributed by atoms with Gasteiger partial charge in [-0.2, -0.15) is 0 Å². The van der Waals surface area contributed by atoms with Gasteiger partial charge in [0.1, 0.15) is 11.4 Å². The number of methoxy groups -OCH3 is 1. The minimum atomic E-state index is 0.312. The molecule has 1 aromatic carbocycles. The van der Waals surface area contributed by atoms with E-state index in [1.165, 1.54) is 0 Å².